The normalized spacial score (nSPS) is 10.9. The van der Waals surface area contributed by atoms with E-state index in [2.05, 4.69) is 20.3 Å². The molecule has 0 spiro atoms. The van der Waals surface area contributed by atoms with E-state index in [0.29, 0.717) is 37.1 Å². The van der Waals surface area contributed by atoms with Crippen LogP contribution in [0.4, 0.5) is 11.5 Å². The van der Waals surface area contributed by atoms with Crippen molar-refractivity contribution in [1.82, 2.24) is 15.0 Å². The highest BCUT2D eigenvalue weighted by Gasteiger charge is 2.09. The first kappa shape index (κ1) is 16.1. The van der Waals surface area contributed by atoms with Gasteiger partial charge in [-0.1, -0.05) is 0 Å². The number of fused-ring (bicyclic) bond motifs is 1. The van der Waals surface area contributed by atoms with Crippen LogP contribution in [0.3, 0.4) is 0 Å². The van der Waals surface area contributed by atoms with E-state index in [9.17, 15) is 0 Å². The van der Waals surface area contributed by atoms with Gasteiger partial charge in [-0.25, -0.2) is 9.97 Å². The van der Waals surface area contributed by atoms with E-state index in [0.717, 1.165) is 16.5 Å². The number of benzene rings is 1. The lowest BCUT2D eigenvalue weighted by Gasteiger charge is -2.11. The maximum Gasteiger partial charge on any atom is 0.162 e. The van der Waals surface area contributed by atoms with Crippen molar-refractivity contribution in [3.63, 3.8) is 0 Å². The third kappa shape index (κ3) is 3.76. The predicted octanol–water partition coefficient (Wildman–Crippen LogP) is 1.69. The summed E-state index contributed by atoms with van der Waals surface area (Å²) in [6.45, 7) is 1.37. The van der Waals surface area contributed by atoms with E-state index >= 15 is 0 Å². The average molecular weight is 325 g/mol. The molecule has 2 heterocycles. The molecule has 0 unspecified atom stereocenters. The molecule has 2 aromatic heterocycles. The molecule has 3 aromatic rings. The zero-order chi connectivity index (χ0) is 16.8. The molecule has 0 aliphatic heterocycles. The van der Waals surface area contributed by atoms with Gasteiger partial charge in [0, 0.05) is 35.6 Å². The SMILES string of the molecule is Nc1ccc2nc(-c3ccncc3)nc(NCCOCCO)c2c1. The second-order valence-corrected chi connectivity index (χ2v) is 5.17. The zero-order valence-corrected chi connectivity index (χ0v) is 13.1. The van der Waals surface area contributed by atoms with Crippen molar-refractivity contribution in [2.24, 2.45) is 0 Å². The third-order valence-corrected chi connectivity index (χ3v) is 3.43. The van der Waals surface area contributed by atoms with E-state index in [1.54, 1.807) is 12.4 Å². The maximum atomic E-state index is 8.73. The molecule has 0 saturated carbocycles. The Morgan fingerprint density at radius 1 is 1.08 bits per heavy atom. The number of aromatic nitrogens is 3. The van der Waals surface area contributed by atoms with Crippen LogP contribution in [0.15, 0.2) is 42.7 Å². The lowest BCUT2D eigenvalue weighted by atomic mass is 10.2. The number of aliphatic hydroxyl groups is 1. The molecule has 3 rings (SSSR count). The first-order chi connectivity index (χ1) is 11.8. The fourth-order valence-corrected chi connectivity index (χ4v) is 2.32. The fraction of sp³-hybridized carbons (Fsp3) is 0.235. The molecule has 24 heavy (non-hydrogen) atoms. The van der Waals surface area contributed by atoms with Crippen LogP contribution in [-0.2, 0) is 4.74 Å². The minimum atomic E-state index is 0.0131. The maximum absolute atomic E-state index is 8.73. The molecule has 0 atom stereocenters. The van der Waals surface area contributed by atoms with Crippen LogP contribution in [0.5, 0.6) is 0 Å². The number of nitrogens with one attached hydrogen (secondary N) is 1. The molecule has 0 fully saturated rings. The molecule has 0 amide bonds. The molecule has 0 aliphatic carbocycles. The molecule has 0 saturated heterocycles. The van der Waals surface area contributed by atoms with Crippen LogP contribution < -0.4 is 11.1 Å². The molecule has 0 aliphatic rings. The van der Waals surface area contributed by atoms with Gasteiger partial charge in [0.15, 0.2) is 5.82 Å². The Kier molecular flexibility index (Phi) is 5.15. The lowest BCUT2D eigenvalue weighted by molar-refractivity contribution is 0.0992. The lowest BCUT2D eigenvalue weighted by Crippen LogP contribution is -2.13. The largest absolute Gasteiger partial charge is 0.399 e. The predicted molar refractivity (Wildman–Crippen MR) is 93.6 cm³/mol. The number of hydrogen-bond acceptors (Lipinski definition) is 7. The van der Waals surface area contributed by atoms with Crippen molar-refractivity contribution in [3.8, 4) is 11.4 Å². The Labute approximate surface area is 139 Å². The van der Waals surface area contributed by atoms with Crippen molar-refractivity contribution in [2.75, 3.05) is 37.4 Å². The van der Waals surface area contributed by atoms with Gasteiger partial charge in [0.1, 0.15) is 5.82 Å². The highest BCUT2D eigenvalue weighted by molar-refractivity contribution is 5.92. The van der Waals surface area contributed by atoms with Crippen LogP contribution in [0.25, 0.3) is 22.3 Å². The topological polar surface area (TPSA) is 106 Å². The monoisotopic (exact) mass is 325 g/mol. The zero-order valence-electron chi connectivity index (χ0n) is 13.1. The van der Waals surface area contributed by atoms with Gasteiger partial charge >= 0.3 is 0 Å². The Morgan fingerprint density at radius 2 is 1.92 bits per heavy atom. The summed E-state index contributed by atoms with van der Waals surface area (Å²) in [7, 11) is 0. The van der Waals surface area contributed by atoms with Crippen molar-refractivity contribution in [3.05, 3.63) is 42.7 Å². The summed E-state index contributed by atoms with van der Waals surface area (Å²) in [6.07, 6.45) is 3.42. The van der Waals surface area contributed by atoms with Crippen molar-refractivity contribution in [1.29, 1.82) is 0 Å². The summed E-state index contributed by atoms with van der Waals surface area (Å²) >= 11 is 0. The molecular weight excluding hydrogens is 306 g/mol. The van der Waals surface area contributed by atoms with Gasteiger partial charge in [0.25, 0.3) is 0 Å². The summed E-state index contributed by atoms with van der Waals surface area (Å²) < 4.78 is 5.27. The standard InChI is InChI=1S/C17H19N5O2/c18-13-1-2-15-14(11-13)17(20-7-9-24-10-8-23)22-16(21-15)12-3-5-19-6-4-12/h1-6,11,23H,7-10,18H2,(H,20,21,22). The van der Waals surface area contributed by atoms with Gasteiger partial charge in [0.05, 0.1) is 25.3 Å². The van der Waals surface area contributed by atoms with Crippen molar-refractivity contribution in [2.45, 2.75) is 0 Å². The van der Waals surface area contributed by atoms with Crippen molar-refractivity contribution >= 4 is 22.4 Å². The smallest absolute Gasteiger partial charge is 0.162 e. The van der Waals surface area contributed by atoms with Gasteiger partial charge < -0.3 is 20.9 Å². The first-order valence-electron chi connectivity index (χ1n) is 7.68. The molecule has 7 heteroatoms. The number of nitrogens with zero attached hydrogens (tertiary/aromatic N) is 3. The van der Waals surface area contributed by atoms with Gasteiger partial charge in [-0.05, 0) is 30.3 Å². The summed E-state index contributed by atoms with van der Waals surface area (Å²) in [5, 5.41) is 12.8. The number of nitrogen functional groups attached to an aromatic ring is 1. The van der Waals surface area contributed by atoms with Crippen LogP contribution in [0, 0.1) is 0 Å². The minimum Gasteiger partial charge on any atom is -0.399 e. The number of anilines is 2. The quantitative estimate of drug-likeness (QED) is 0.448. The average Bonchev–Trinajstić information content (AvgIpc) is 2.62. The number of hydrogen-bond donors (Lipinski definition) is 3. The molecule has 1 aromatic carbocycles. The minimum absolute atomic E-state index is 0.0131. The van der Waals surface area contributed by atoms with E-state index < -0.39 is 0 Å². The van der Waals surface area contributed by atoms with Crippen LogP contribution in [0.2, 0.25) is 0 Å². The summed E-state index contributed by atoms with van der Waals surface area (Å²) in [5.41, 5.74) is 8.25. The highest BCUT2D eigenvalue weighted by atomic mass is 16.5. The van der Waals surface area contributed by atoms with Crippen LogP contribution >= 0.6 is 0 Å². The second-order valence-electron chi connectivity index (χ2n) is 5.17. The Balaban J connectivity index is 1.93. The van der Waals surface area contributed by atoms with E-state index in [1.807, 2.05) is 30.3 Å². The second kappa shape index (κ2) is 7.67. The summed E-state index contributed by atoms with van der Waals surface area (Å²) in [6, 6.07) is 9.28. The van der Waals surface area contributed by atoms with Gasteiger partial charge in [-0.2, -0.15) is 0 Å². The highest BCUT2D eigenvalue weighted by Crippen LogP contribution is 2.26. The molecule has 0 bridgehead atoms. The molecule has 4 N–H and O–H groups in total. The number of rotatable bonds is 7. The van der Waals surface area contributed by atoms with Crippen LogP contribution in [-0.4, -0.2) is 46.4 Å². The molecule has 7 nitrogen and oxygen atoms in total. The van der Waals surface area contributed by atoms with Crippen molar-refractivity contribution < 1.29 is 9.84 Å². The molecule has 124 valence electrons. The van der Waals surface area contributed by atoms with E-state index in [1.165, 1.54) is 0 Å². The Bertz CT molecular complexity index is 811. The number of nitrogens with two attached hydrogens (primary N) is 1. The number of ether oxygens (including phenoxy) is 1. The first-order valence-corrected chi connectivity index (χ1v) is 7.68. The van der Waals surface area contributed by atoms with Gasteiger partial charge in [-0.3, -0.25) is 4.98 Å². The molecular formula is C17H19N5O2. The van der Waals surface area contributed by atoms with E-state index in [-0.39, 0.29) is 6.61 Å². The number of aliphatic hydroxyl groups excluding tert-OH is 1. The number of pyridine rings is 1. The van der Waals surface area contributed by atoms with Crippen LogP contribution in [0.1, 0.15) is 0 Å². The fourth-order valence-electron chi connectivity index (χ4n) is 2.32. The molecule has 0 radical (unpaired) electrons. The Hall–Kier alpha value is -2.77. The third-order valence-electron chi connectivity index (χ3n) is 3.43. The summed E-state index contributed by atoms with van der Waals surface area (Å²) in [5.74, 6) is 1.32. The van der Waals surface area contributed by atoms with E-state index in [4.69, 9.17) is 15.6 Å². The van der Waals surface area contributed by atoms with Gasteiger partial charge in [-0.15, -0.1) is 0 Å². The summed E-state index contributed by atoms with van der Waals surface area (Å²) in [4.78, 5) is 13.2. The van der Waals surface area contributed by atoms with Gasteiger partial charge in [0.2, 0.25) is 0 Å². The Morgan fingerprint density at radius 3 is 2.71 bits per heavy atom.